The Kier molecular flexibility index (Phi) is 6.29. The molecule has 178 valence electrons. The molecule has 0 aliphatic heterocycles. The summed E-state index contributed by atoms with van der Waals surface area (Å²) in [7, 11) is 0. The van der Waals surface area contributed by atoms with Crippen molar-refractivity contribution in [1.82, 2.24) is 49.5 Å². The maximum Gasteiger partial charge on any atom is 0.335 e. The molecule has 35 heavy (non-hydrogen) atoms. The topological polar surface area (TPSA) is 125 Å². The molecule has 0 fully saturated rings. The van der Waals surface area contributed by atoms with E-state index in [0.29, 0.717) is 18.3 Å². The molecule has 1 N–H and O–H groups in total. The summed E-state index contributed by atoms with van der Waals surface area (Å²) in [5, 5.41) is 22.6. The number of imidazole rings is 1. The number of nitrogens with one attached hydrogen (secondary N) is 1. The van der Waals surface area contributed by atoms with Gasteiger partial charge >= 0.3 is 5.69 Å². The van der Waals surface area contributed by atoms with Gasteiger partial charge < -0.3 is 0 Å². The van der Waals surface area contributed by atoms with Crippen molar-refractivity contribution >= 4 is 0 Å². The highest BCUT2D eigenvalue weighted by Crippen LogP contribution is 2.32. The van der Waals surface area contributed by atoms with Crippen LogP contribution in [0.4, 0.5) is 0 Å². The van der Waals surface area contributed by atoms with E-state index in [0.717, 1.165) is 53.8 Å². The molecule has 0 unspecified atom stereocenters. The summed E-state index contributed by atoms with van der Waals surface area (Å²) in [6.45, 7) is 5.29. The fourth-order valence-electron chi connectivity index (χ4n) is 4.31. The van der Waals surface area contributed by atoms with E-state index in [9.17, 15) is 4.79 Å². The lowest BCUT2D eigenvalue weighted by atomic mass is 9.96. The van der Waals surface area contributed by atoms with Gasteiger partial charge in [0.25, 0.3) is 0 Å². The van der Waals surface area contributed by atoms with Gasteiger partial charge in [-0.2, -0.15) is 0 Å². The van der Waals surface area contributed by atoms with Gasteiger partial charge in [0.05, 0.1) is 6.54 Å². The third-order valence-electron chi connectivity index (χ3n) is 5.89. The minimum atomic E-state index is -0.152. The zero-order valence-electron chi connectivity index (χ0n) is 19.7. The van der Waals surface area contributed by atoms with E-state index < -0.39 is 0 Å². The quantitative estimate of drug-likeness (QED) is 0.351. The van der Waals surface area contributed by atoms with Crippen LogP contribution in [0.3, 0.4) is 0 Å². The highest BCUT2D eigenvalue weighted by Gasteiger charge is 2.19. The second-order valence-electron chi connectivity index (χ2n) is 8.26. The molecular formula is C24H26N10O. The Balaban J connectivity index is 1.60. The summed E-state index contributed by atoms with van der Waals surface area (Å²) < 4.78 is 5.30. The predicted octanol–water partition coefficient (Wildman–Crippen LogP) is 2.88. The van der Waals surface area contributed by atoms with Crippen molar-refractivity contribution < 1.29 is 0 Å². The number of hydrogen-bond acceptors (Lipinski definition) is 7. The van der Waals surface area contributed by atoms with Crippen molar-refractivity contribution in [2.24, 2.45) is 0 Å². The van der Waals surface area contributed by atoms with E-state index in [2.05, 4.69) is 49.7 Å². The Morgan fingerprint density at radius 2 is 1.86 bits per heavy atom. The van der Waals surface area contributed by atoms with Crippen LogP contribution in [0.1, 0.15) is 37.9 Å². The lowest BCUT2D eigenvalue weighted by Gasteiger charge is -2.13. The van der Waals surface area contributed by atoms with E-state index in [1.54, 1.807) is 21.7 Å². The van der Waals surface area contributed by atoms with Crippen LogP contribution >= 0.6 is 0 Å². The fourth-order valence-corrected chi connectivity index (χ4v) is 4.31. The Labute approximate surface area is 201 Å². The summed E-state index contributed by atoms with van der Waals surface area (Å²) >= 11 is 0. The second-order valence-corrected chi connectivity index (χ2v) is 8.26. The maximum absolute atomic E-state index is 13.6. The van der Waals surface area contributed by atoms with Gasteiger partial charge in [-0.1, -0.05) is 44.5 Å². The Bertz CT molecular complexity index is 1480. The standard InChI is InChI=1S/C24H26N10O/c1-3-7-18-15-34(23-29-26-16-32(23)12-4-2)24(35)33(18)14-17-13-25-11-10-19(17)20-8-5-6-9-21(20)22-27-30-31-28-22/h5-6,8-11,13,15-16H,3-4,7,12,14H2,1-2H3,(H,27,28,30,31). The first-order chi connectivity index (χ1) is 17.2. The molecule has 0 atom stereocenters. The molecule has 11 heteroatoms. The number of pyridine rings is 1. The van der Waals surface area contributed by atoms with Gasteiger partial charge in [-0.25, -0.2) is 14.5 Å². The summed E-state index contributed by atoms with van der Waals surface area (Å²) in [6.07, 6.45) is 9.70. The van der Waals surface area contributed by atoms with Gasteiger partial charge in [-0.3, -0.25) is 14.1 Å². The highest BCUT2D eigenvalue weighted by atomic mass is 16.2. The lowest BCUT2D eigenvalue weighted by molar-refractivity contribution is 0.638. The molecule has 0 aliphatic carbocycles. The van der Waals surface area contributed by atoms with Crippen molar-refractivity contribution in [3.63, 3.8) is 0 Å². The van der Waals surface area contributed by atoms with Crippen LogP contribution in [0, 0.1) is 0 Å². The number of rotatable bonds is 9. The Morgan fingerprint density at radius 1 is 1.00 bits per heavy atom. The van der Waals surface area contributed by atoms with Crippen molar-refractivity contribution in [3.05, 3.63) is 77.0 Å². The molecule has 4 heterocycles. The summed E-state index contributed by atoms with van der Waals surface area (Å²) in [5.41, 5.74) is 4.49. The Morgan fingerprint density at radius 3 is 2.63 bits per heavy atom. The number of nitrogens with zero attached hydrogens (tertiary/aromatic N) is 9. The molecule has 0 aliphatic rings. The van der Waals surface area contributed by atoms with Gasteiger partial charge in [0.2, 0.25) is 5.95 Å². The van der Waals surface area contributed by atoms with Crippen LogP contribution in [-0.2, 0) is 19.5 Å². The smallest absolute Gasteiger partial charge is 0.299 e. The van der Waals surface area contributed by atoms with Crippen molar-refractivity contribution in [3.8, 4) is 28.5 Å². The van der Waals surface area contributed by atoms with Crippen LogP contribution in [0.5, 0.6) is 0 Å². The number of hydrogen-bond donors (Lipinski definition) is 1. The van der Waals surface area contributed by atoms with Gasteiger partial charge in [0.15, 0.2) is 5.82 Å². The molecule has 4 aromatic heterocycles. The number of tetrazole rings is 1. The van der Waals surface area contributed by atoms with Crippen molar-refractivity contribution in [2.75, 3.05) is 0 Å². The average Bonchev–Trinajstić information content (AvgIpc) is 3.63. The fraction of sp³-hybridized carbons (Fsp3) is 0.292. The van der Waals surface area contributed by atoms with E-state index in [4.69, 9.17) is 0 Å². The van der Waals surface area contributed by atoms with Gasteiger partial charge in [-0.05, 0) is 46.0 Å². The van der Waals surface area contributed by atoms with Crippen molar-refractivity contribution in [2.45, 2.75) is 46.2 Å². The first-order valence-corrected chi connectivity index (χ1v) is 11.7. The zero-order valence-corrected chi connectivity index (χ0v) is 19.7. The molecule has 0 spiro atoms. The summed E-state index contributed by atoms with van der Waals surface area (Å²) in [5.74, 6) is 1.11. The number of H-pyrrole nitrogens is 1. The highest BCUT2D eigenvalue weighted by molar-refractivity contribution is 5.81. The number of benzene rings is 1. The molecule has 5 aromatic rings. The minimum absolute atomic E-state index is 0.152. The molecular weight excluding hydrogens is 444 g/mol. The van der Waals surface area contributed by atoms with E-state index in [1.807, 2.05) is 47.3 Å². The molecule has 1 aromatic carbocycles. The first-order valence-electron chi connectivity index (χ1n) is 11.7. The van der Waals surface area contributed by atoms with Crippen LogP contribution in [-0.4, -0.2) is 49.5 Å². The van der Waals surface area contributed by atoms with Gasteiger partial charge in [-0.15, -0.1) is 15.3 Å². The van der Waals surface area contributed by atoms with Crippen LogP contribution in [0.25, 0.3) is 28.5 Å². The monoisotopic (exact) mass is 470 g/mol. The first kappa shape index (κ1) is 22.4. The summed E-state index contributed by atoms with van der Waals surface area (Å²) in [6, 6.07) is 9.85. The van der Waals surface area contributed by atoms with Gasteiger partial charge in [0.1, 0.15) is 6.33 Å². The Hall–Kier alpha value is -4.41. The van der Waals surface area contributed by atoms with Crippen LogP contribution < -0.4 is 5.69 Å². The lowest BCUT2D eigenvalue weighted by Crippen LogP contribution is -2.26. The minimum Gasteiger partial charge on any atom is -0.299 e. The molecule has 0 amide bonds. The number of aryl methyl sites for hydroxylation is 2. The molecule has 0 saturated carbocycles. The molecule has 11 nitrogen and oxygen atoms in total. The zero-order chi connectivity index (χ0) is 24.2. The van der Waals surface area contributed by atoms with Crippen LogP contribution in [0.15, 0.2) is 60.0 Å². The van der Waals surface area contributed by atoms with E-state index in [-0.39, 0.29) is 5.69 Å². The third kappa shape index (κ3) is 4.27. The molecule has 0 saturated heterocycles. The number of aromatic nitrogens is 10. The van der Waals surface area contributed by atoms with E-state index in [1.165, 1.54) is 0 Å². The van der Waals surface area contributed by atoms with Crippen molar-refractivity contribution in [1.29, 1.82) is 0 Å². The molecule has 5 rings (SSSR count). The second kappa shape index (κ2) is 9.84. The van der Waals surface area contributed by atoms with Crippen LogP contribution in [0.2, 0.25) is 0 Å². The maximum atomic E-state index is 13.6. The van der Waals surface area contributed by atoms with Gasteiger partial charge in [0, 0.05) is 36.4 Å². The third-order valence-corrected chi connectivity index (χ3v) is 5.89. The summed E-state index contributed by atoms with van der Waals surface area (Å²) in [4.78, 5) is 18.0. The molecule has 0 bridgehead atoms. The predicted molar refractivity (Wildman–Crippen MR) is 130 cm³/mol. The van der Waals surface area contributed by atoms with E-state index >= 15 is 0 Å². The number of aromatic amines is 1. The largest absolute Gasteiger partial charge is 0.335 e. The SMILES string of the molecule is CCCc1cn(-c2nncn2CCC)c(=O)n1Cc1cnccc1-c1ccccc1-c1nnn[nH]1. The molecule has 0 radical (unpaired) electrons. The normalized spacial score (nSPS) is 11.3. The average molecular weight is 471 g/mol.